The van der Waals surface area contributed by atoms with Crippen LogP contribution in [0.4, 0.5) is 5.00 Å². The molecule has 1 heterocycles. The lowest BCUT2D eigenvalue weighted by atomic mass is 10.4. The zero-order valence-corrected chi connectivity index (χ0v) is 7.59. The smallest absolute Gasteiger partial charge is 0.253 e. The maximum absolute atomic E-state index is 11.2. The van der Waals surface area contributed by atoms with E-state index < -0.39 is 6.10 Å². The van der Waals surface area contributed by atoms with E-state index in [1.165, 1.54) is 13.3 Å². The lowest BCUT2D eigenvalue weighted by Crippen LogP contribution is -2.26. The van der Waals surface area contributed by atoms with Crippen LogP contribution in [0.15, 0.2) is 6.20 Å². The average molecular weight is 187 g/mol. The van der Waals surface area contributed by atoms with Crippen molar-refractivity contribution in [3.63, 3.8) is 0 Å². The third kappa shape index (κ3) is 2.24. The molecule has 1 unspecified atom stereocenters. The molecule has 1 atom stereocenters. The highest BCUT2D eigenvalue weighted by Gasteiger charge is 2.11. The quantitative estimate of drug-likeness (QED) is 0.748. The molecule has 12 heavy (non-hydrogen) atoms. The number of amides is 1. The molecule has 0 bridgehead atoms. The number of methoxy groups -OCH3 is 1. The number of anilines is 1. The van der Waals surface area contributed by atoms with Gasteiger partial charge in [0.1, 0.15) is 11.1 Å². The summed E-state index contributed by atoms with van der Waals surface area (Å²) < 4.78 is 8.41. The van der Waals surface area contributed by atoms with Crippen molar-refractivity contribution >= 4 is 22.4 Å². The lowest BCUT2D eigenvalue weighted by molar-refractivity contribution is -0.124. The lowest BCUT2D eigenvalue weighted by Gasteiger charge is -2.07. The second-order valence-electron chi connectivity index (χ2n) is 2.15. The Morgan fingerprint density at radius 1 is 1.83 bits per heavy atom. The molecular formula is C6H9N3O2S. The largest absolute Gasteiger partial charge is 0.372 e. The zero-order valence-electron chi connectivity index (χ0n) is 6.77. The normalized spacial score (nSPS) is 12.5. The summed E-state index contributed by atoms with van der Waals surface area (Å²) in [5, 5.41) is 6.80. The molecule has 1 aromatic heterocycles. The Morgan fingerprint density at radius 2 is 2.58 bits per heavy atom. The zero-order chi connectivity index (χ0) is 8.97. The van der Waals surface area contributed by atoms with Crippen molar-refractivity contribution < 1.29 is 9.53 Å². The second kappa shape index (κ2) is 4.13. The van der Waals surface area contributed by atoms with E-state index >= 15 is 0 Å². The third-order valence-corrected chi connectivity index (χ3v) is 1.91. The molecule has 0 fully saturated rings. The Morgan fingerprint density at radius 3 is 3.08 bits per heavy atom. The van der Waals surface area contributed by atoms with Crippen LogP contribution >= 0.6 is 11.5 Å². The molecular weight excluding hydrogens is 178 g/mol. The van der Waals surface area contributed by atoms with Crippen LogP contribution in [0.5, 0.6) is 0 Å². The summed E-state index contributed by atoms with van der Waals surface area (Å²) in [7, 11) is 1.48. The summed E-state index contributed by atoms with van der Waals surface area (Å²) in [4.78, 5) is 11.2. The SMILES string of the molecule is COC(C)C(=O)Nc1cnns1. The standard InChI is InChI=1S/C6H9N3O2S/c1-4(11-2)6(10)8-5-3-7-9-12-5/h3-4H,1-2H3,(H,8,10). The number of nitrogens with one attached hydrogen (secondary N) is 1. The molecule has 0 saturated heterocycles. The van der Waals surface area contributed by atoms with Crippen molar-refractivity contribution in [1.29, 1.82) is 0 Å². The van der Waals surface area contributed by atoms with E-state index in [4.69, 9.17) is 4.74 Å². The van der Waals surface area contributed by atoms with Gasteiger partial charge < -0.3 is 10.1 Å². The Hall–Kier alpha value is -1.01. The van der Waals surface area contributed by atoms with Crippen molar-refractivity contribution in [3.8, 4) is 0 Å². The number of hydrogen-bond acceptors (Lipinski definition) is 5. The van der Waals surface area contributed by atoms with Gasteiger partial charge in [0.2, 0.25) is 0 Å². The predicted octanol–water partition coefficient (Wildman–Crippen LogP) is 0.512. The van der Waals surface area contributed by atoms with Crippen molar-refractivity contribution in [2.24, 2.45) is 0 Å². The molecule has 0 spiro atoms. The number of aromatic nitrogens is 2. The minimum Gasteiger partial charge on any atom is -0.372 e. The number of carbonyl (C=O) groups excluding carboxylic acids is 1. The summed E-state index contributed by atoms with van der Waals surface area (Å²) in [6.45, 7) is 1.67. The van der Waals surface area contributed by atoms with Gasteiger partial charge in [-0.3, -0.25) is 4.79 Å². The summed E-state index contributed by atoms with van der Waals surface area (Å²) in [6, 6.07) is 0. The molecule has 1 amide bonds. The fourth-order valence-corrected chi connectivity index (χ4v) is 0.975. The van der Waals surface area contributed by atoms with E-state index in [-0.39, 0.29) is 5.91 Å². The molecule has 1 rings (SSSR count). The number of hydrogen-bond donors (Lipinski definition) is 1. The Bertz CT molecular complexity index is 249. The highest BCUT2D eigenvalue weighted by molar-refractivity contribution is 7.10. The van der Waals surface area contributed by atoms with Gasteiger partial charge in [0, 0.05) is 18.6 Å². The van der Waals surface area contributed by atoms with Crippen LogP contribution in [0.25, 0.3) is 0 Å². The van der Waals surface area contributed by atoms with E-state index in [2.05, 4.69) is 14.9 Å². The van der Waals surface area contributed by atoms with Crippen LogP contribution in [0.1, 0.15) is 6.92 Å². The van der Waals surface area contributed by atoms with E-state index in [0.29, 0.717) is 5.00 Å². The molecule has 5 nitrogen and oxygen atoms in total. The van der Waals surface area contributed by atoms with Gasteiger partial charge in [-0.2, -0.15) is 0 Å². The van der Waals surface area contributed by atoms with E-state index in [0.717, 1.165) is 11.5 Å². The predicted molar refractivity (Wildman–Crippen MR) is 45.0 cm³/mol. The molecule has 0 aliphatic heterocycles. The first-order chi connectivity index (χ1) is 5.74. The molecule has 0 aromatic carbocycles. The molecule has 6 heteroatoms. The minimum atomic E-state index is -0.452. The Labute approximate surface area is 73.9 Å². The van der Waals surface area contributed by atoms with E-state index in [1.54, 1.807) is 6.92 Å². The Balaban J connectivity index is 2.47. The summed E-state index contributed by atoms with van der Waals surface area (Å²) in [6.07, 6.45) is 1.04. The summed E-state index contributed by atoms with van der Waals surface area (Å²) in [5.74, 6) is -0.191. The molecule has 1 aromatic rings. The second-order valence-corrected chi connectivity index (χ2v) is 2.93. The molecule has 0 aliphatic rings. The van der Waals surface area contributed by atoms with Gasteiger partial charge in [-0.05, 0) is 6.92 Å². The summed E-state index contributed by atoms with van der Waals surface area (Å²) >= 11 is 1.13. The van der Waals surface area contributed by atoms with Crippen LogP contribution in [-0.4, -0.2) is 28.7 Å². The molecule has 0 saturated carbocycles. The van der Waals surface area contributed by atoms with Gasteiger partial charge in [0.15, 0.2) is 0 Å². The number of nitrogens with zero attached hydrogens (tertiary/aromatic N) is 2. The fourth-order valence-electron chi connectivity index (χ4n) is 0.552. The molecule has 66 valence electrons. The number of ether oxygens (including phenoxy) is 1. The van der Waals surface area contributed by atoms with Crippen molar-refractivity contribution in [1.82, 2.24) is 9.59 Å². The number of rotatable bonds is 3. The van der Waals surface area contributed by atoms with Gasteiger partial charge in [-0.1, -0.05) is 4.49 Å². The van der Waals surface area contributed by atoms with Crippen LogP contribution in [0.3, 0.4) is 0 Å². The average Bonchev–Trinajstić information content (AvgIpc) is 2.55. The van der Waals surface area contributed by atoms with Gasteiger partial charge in [0.05, 0.1) is 6.20 Å². The first-order valence-electron chi connectivity index (χ1n) is 3.35. The van der Waals surface area contributed by atoms with Gasteiger partial charge >= 0.3 is 0 Å². The summed E-state index contributed by atoms with van der Waals surface area (Å²) in [5.41, 5.74) is 0. The Kier molecular flexibility index (Phi) is 3.12. The van der Waals surface area contributed by atoms with Gasteiger partial charge in [-0.15, -0.1) is 5.10 Å². The first-order valence-corrected chi connectivity index (χ1v) is 4.12. The van der Waals surface area contributed by atoms with Crippen molar-refractivity contribution in [3.05, 3.63) is 6.20 Å². The topological polar surface area (TPSA) is 64.1 Å². The van der Waals surface area contributed by atoms with E-state index in [9.17, 15) is 4.79 Å². The first kappa shape index (κ1) is 9.08. The molecule has 1 N–H and O–H groups in total. The van der Waals surface area contributed by atoms with Gasteiger partial charge in [-0.25, -0.2) is 0 Å². The van der Waals surface area contributed by atoms with Crippen LogP contribution < -0.4 is 5.32 Å². The maximum atomic E-state index is 11.2. The molecule has 0 aliphatic carbocycles. The minimum absolute atomic E-state index is 0.191. The molecule has 0 radical (unpaired) electrons. The van der Waals surface area contributed by atoms with E-state index in [1.807, 2.05) is 0 Å². The van der Waals surface area contributed by atoms with Gasteiger partial charge in [0.25, 0.3) is 5.91 Å². The number of carbonyl (C=O) groups is 1. The van der Waals surface area contributed by atoms with Crippen molar-refractivity contribution in [2.45, 2.75) is 13.0 Å². The van der Waals surface area contributed by atoms with Crippen LogP contribution in [0.2, 0.25) is 0 Å². The van der Waals surface area contributed by atoms with Crippen LogP contribution in [0, 0.1) is 0 Å². The third-order valence-electron chi connectivity index (χ3n) is 1.33. The highest BCUT2D eigenvalue weighted by Crippen LogP contribution is 2.09. The van der Waals surface area contributed by atoms with Crippen LogP contribution in [-0.2, 0) is 9.53 Å². The highest BCUT2D eigenvalue weighted by atomic mass is 32.1. The van der Waals surface area contributed by atoms with Crippen molar-refractivity contribution in [2.75, 3.05) is 12.4 Å². The monoisotopic (exact) mass is 187 g/mol. The maximum Gasteiger partial charge on any atom is 0.253 e. The fraction of sp³-hybridized carbons (Fsp3) is 0.500.